The van der Waals surface area contributed by atoms with Crippen LogP contribution in [0, 0.1) is 13.8 Å². The molecule has 0 radical (unpaired) electrons. The molecule has 6 nitrogen and oxygen atoms in total. The SMILES string of the molecule is COc1cc(C(C)=O)ccc1OCCCC(=O)N1CCC(Oc2cc(C)ccc2C)CC1. The van der Waals surface area contributed by atoms with Gasteiger partial charge in [0, 0.05) is 37.9 Å². The van der Waals surface area contributed by atoms with Gasteiger partial charge in [0.2, 0.25) is 5.91 Å². The second kappa shape index (κ2) is 11.0. The zero-order chi connectivity index (χ0) is 23.1. The van der Waals surface area contributed by atoms with E-state index in [1.165, 1.54) is 12.5 Å². The van der Waals surface area contributed by atoms with E-state index in [2.05, 4.69) is 32.0 Å². The summed E-state index contributed by atoms with van der Waals surface area (Å²) in [5.41, 5.74) is 2.91. The zero-order valence-corrected chi connectivity index (χ0v) is 19.5. The first kappa shape index (κ1) is 23.6. The molecule has 1 fully saturated rings. The Balaban J connectivity index is 1.40. The van der Waals surface area contributed by atoms with Gasteiger partial charge in [-0.3, -0.25) is 9.59 Å². The van der Waals surface area contributed by atoms with Crippen LogP contribution >= 0.6 is 0 Å². The first-order chi connectivity index (χ1) is 15.4. The van der Waals surface area contributed by atoms with Crippen molar-refractivity contribution in [3.05, 3.63) is 53.1 Å². The Labute approximate surface area is 190 Å². The maximum atomic E-state index is 12.6. The molecule has 0 N–H and O–H groups in total. The molecular weight excluding hydrogens is 406 g/mol. The average molecular weight is 440 g/mol. The standard InChI is InChI=1S/C26H33NO5/c1-18-7-8-19(2)24(16-18)32-22-11-13-27(14-12-22)26(29)6-5-15-31-23-10-9-21(20(3)28)17-25(23)30-4/h7-10,16-17,22H,5-6,11-15H2,1-4H3. The number of piperidine rings is 1. The van der Waals surface area contributed by atoms with Crippen molar-refractivity contribution in [3.8, 4) is 17.2 Å². The van der Waals surface area contributed by atoms with Crippen LogP contribution in [0.25, 0.3) is 0 Å². The number of hydrogen-bond acceptors (Lipinski definition) is 5. The van der Waals surface area contributed by atoms with Gasteiger partial charge in [-0.2, -0.15) is 0 Å². The highest BCUT2D eigenvalue weighted by Crippen LogP contribution is 2.28. The summed E-state index contributed by atoms with van der Waals surface area (Å²) < 4.78 is 17.3. The van der Waals surface area contributed by atoms with Gasteiger partial charge in [-0.1, -0.05) is 12.1 Å². The lowest BCUT2D eigenvalue weighted by molar-refractivity contribution is -0.133. The Morgan fingerprint density at radius 1 is 1.00 bits per heavy atom. The van der Waals surface area contributed by atoms with Gasteiger partial charge in [-0.05, 0) is 62.6 Å². The fraction of sp³-hybridized carbons (Fsp3) is 0.462. The number of hydrogen-bond donors (Lipinski definition) is 0. The van der Waals surface area contributed by atoms with Crippen LogP contribution in [0.4, 0.5) is 0 Å². The number of ether oxygens (including phenoxy) is 3. The Kier molecular flexibility index (Phi) is 8.14. The van der Waals surface area contributed by atoms with E-state index in [1.54, 1.807) is 25.3 Å². The number of aryl methyl sites for hydroxylation is 2. The molecule has 1 aliphatic heterocycles. The van der Waals surface area contributed by atoms with Gasteiger partial charge in [-0.15, -0.1) is 0 Å². The minimum atomic E-state index is -0.0244. The van der Waals surface area contributed by atoms with Gasteiger partial charge in [0.15, 0.2) is 17.3 Å². The molecule has 0 bridgehead atoms. The third-order valence-electron chi connectivity index (χ3n) is 5.79. The number of rotatable bonds is 9. The first-order valence-electron chi connectivity index (χ1n) is 11.2. The molecule has 172 valence electrons. The van der Waals surface area contributed by atoms with Crippen LogP contribution in [0.3, 0.4) is 0 Å². The molecule has 1 saturated heterocycles. The summed E-state index contributed by atoms with van der Waals surface area (Å²) in [5, 5.41) is 0. The van der Waals surface area contributed by atoms with E-state index < -0.39 is 0 Å². The summed E-state index contributed by atoms with van der Waals surface area (Å²) in [4.78, 5) is 26.0. The number of benzene rings is 2. The molecule has 2 aromatic carbocycles. The minimum Gasteiger partial charge on any atom is -0.493 e. The van der Waals surface area contributed by atoms with Crippen LogP contribution in [-0.4, -0.2) is 49.5 Å². The number of likely N-dealkylation sites (tertiary alicyclic amines) is 1. The first-order valence-corrected chi connectivity index (χ1v) is 11.2. The normalized spacial score (nSPS) is 14.2. The van der Waals surface area contributed by atoms with Crippen molar-refractivity contribution in [2.45, 2.75) is 52.6 Å². The second-order valence-corrected chi connectivity index (χ2v) is 8.34. The van der Waals surface area contributed by atoms with E-state index in [0.717, 1.165) is 37.2 Å². The Hall–Kier alpha value is -3.02. The van der Waals surface area contributed by atoms with Crippen LogP contribution in [0.1, 0.15) is 54.1 Å². The van der Waals surface area contributed by atoms with E-state index in [1.807, 2.05) is 4.90 Å². The molecule has 2 aromatic rings. The molecule has 0 aliphatic carbocycles. The van der Waals surface area contributed by atoms with Gasteiger partial charge in [0.25, 0.3) is 0 Å². The van der Waals surface area contributed by atoms with Crippen molar-refractivity contribution in [2.24, 2.45) is 0 Å². The van der Waals surface area contributed by atoms with E-state index in [4.69, 9.17) is 14.2 Å². The molecule has 3 rings (SSSR count). The molecular formula is C26H33NO5. The van der Waals surface area contributed by atoms with Gasteiger partial charge in [0.05, 0.1) is 13.7 Å². The monoisotopic (exact) mass is 439 g/mol. The van der Waals surface area contributed by atoms with Crippen LogP contribution in [0.15, 0.2) is 36.4 Å². The molecule has 0 saturated carbocycles. The van der Waals surface area contributed by atoms with Gasteiger partial charge >= 0.3 is 0 Å². The summed E-state index contributed by atoms with van der Waals surface area (Å²) in [6, 6.07) is 11.4. The molecule has 1 heterocycles. The number of ketones is 1. The summed E-state index contributed by atoms with van der Waals surface area (Å²) in [6.07, 6.45) is 2.89. The summed E-state index contributed by atoms with van der Waals surface area (Å²) in [5.74, 6) is 2.17. The van der Waals surface area contributed by atoms with Crippen LogP contribution in [0.5, 0.6) is 17.2 Å². The van der Waals surface area contributed by atoms with Gasteiger partial charge in [-0.25, -0.2) is 0 Å². The highest BCUT2D eigenvalue weighted by molar-refractivity contribution is 5.94. The summed E-state index contributed by atoms with van der Waals surface area (Å²) in [6.45, 7) is 7.48. The lowest BCUT2D eigenvalue weighted by atomic mass is 10.1. The summed E-state index contributed by atoms with van der Waals surface area (Å²) in [7, 11) is 1.54. The highest BCUT2D eigenvalue weighted by Gasteiger charge is 2.24. The smallest absolute Gasteiger partial charge is 0.222 e. The number of Topliss-reactive ketones (excluding diaryl/α,β-unsaturated/α-hetero) is 1. The van der Waals surface area contributed by atoms with E-state index in [-0.39, 0.29) is 17.8 Å². The summed E-state index contributed by atoms with van der Waals surface area (Å²) >= 11 is 0. The number of carbonyl (C=O) groups excluding carboxylic acids is 2. The molecule has 6 heteroatoms. The van der Waals surface area contributed by atoms with Crippen molar-refractivity contribution >= 4 is 11.7 Å². The third-order valence-corrected chi connectivity index (χ3v) is 5.79. The number of methoxy groups -OCH3 is 1. The van der Waals surface area contributed by atoms with Crippen molar-refractivity contribution in [1.29, 1.82) is 0 Å². The Morgan fingerprint density at radius 3 is 2.44 bits per heavy atom. The van der Waals surface area contributed by atoms with E-state index in [9.17, 15) is 9.59 Å². The molecule has 32 heavy (non-hydrogen) atoms. The van der Waals surface area contributed by atoms with Gasteiger partial charge in [0.1, 0.15) is 11.9 Å². The Morgan fingerprint density at radius 2 is 1.75 bits per heavy atom. The topological polar surface area (TPSA) is 65.1 Å². The number of nitrogens with zero attached hydrogens (tertiary/aromatic N) is 1. The fourth-order valence-corrected chi connectivity index (χ4v) is 3.81. The molecule has 0 aromatic heterocycles. The second-order valence-electron chi connectivity index (χ2n) is 8.34. The van der Waals surface area contributed by atoms with E-state index in [0.29, 0.717) is 36.5 Å². The molecule has 0 spiro atoms. The number of carbonyl (C=O) groups is 2. The largest absolute Gasteiger partial charge is 0.493 e. The molecule has 1 aliphatic rings. The van der Waals surface area contributed by atoms with Crippen LogP contribution in [0.2, 0.25) is 0 Å². The third kappa shape index (κ3) is 6.25. The predicted octanol–water partition coefficient (Wildman–Crippen LogP) is 4.74. The average Bonchev–Trinajstić information content (AvgIpc) is 2.79. The fourth-order valence-electron chi connectivity index (χ4n) is 3.81. The van der Waals surface area contributed by atoms with E-state index >= 15 is 0 Å². The molecule has 0 atom stereocenters. The van der Waals surface area contributed by atoms with Crippen molar-refractivity contribution < 1.29 is 23.8 Å². The van der Waals surface area contributed by atoms with Gasteiger partial charge < -0.3 is 19.1 Å². The minimum absolute atomic E-state index is 0.0244. The van der Waals surface area contributed by atoms with Crippen LogP contribution in [-0.2, 0) is 4.79 Å². The Bertz CT molecular complexity index is 947. The maximum absolute atomic E-state index is 12.6. The molecule has 1 amide bonds. The van der Waals surface area contributed by atoms with Crippen LogP contribution < -0.4 is 14.2 Å². The predicted molar refractivity (Wildman–Crippen MR) is 124 cm³/mol. The molecule has 0 unspecified atom stereocenters. The lowest BCUT2D eigenvalue weighted by Crippen LogP contribution is -2.41. The quantitative estimate of drug-likeness (QED) is 0.417. The van der Waals surface area contributed by atoms with Crippen molar-refractivity contribution in [2.75, 3.05) is 26.8 Å². The maximum Gasteiger partial charge on any atom is 0.222 e. The highest BCUT2D eigenvalue weighted by atomic mass is 16.5. The zero-order valence-electron chi connectivity index (χ0n) is 19.5. The number of amides is 1. The lowest BCUT2D eigenvalue weighted by Gasteiger charge is -2.32. The van der Waals surface area contributed by atoms with Crippen molar-refractivity contribution in [3.63, 3.8) is 0 Å². The van der Waals surface area contributed by atoms with Crippen molar-refractivity contribution in [1.82, 2.24) is 4.90 Å².